The van der Waals surface area contributed by atoms with Crippen molar-refractivity contribution >= 4 is 23.6 Å². The minimum atomic E-state index is -0.645. The third-order valence-electron chi connectivity index (χ3n) is 4.30. The molecular formula is C21H22FN5O3. The molecule has 0 saturated carbocycles. The largest absolute Gasteiger partial charge is 0.406 e. The highest BCUT2D eigenvalue weighted by Crippen LogP contribution is 2.20. The van der Waals surface area contributed by atoms with Crippen molar-refractivity contribution in [1.82, 2.24) is 15.5 Å². The molecule has 0 radical (unpaired) electrons. The second-order valence-corrected chi connectivity index (χ2v) is 6.66. The molecule has 9 heteroatoms. The Hall–Kier alpha value is -3.75. The average Bonchev–Trinajstić information content (AvgIpc) is 3.17. The fourth-order valence-corrected chi connectivity index (χ4v) is 2.78. The molecule has 3 rings (SSSR count). The van der Waals surface area contributed by atoms with Crippen molar-refractivity contribution in [3.05, 3.63) is 71.4 Å². The third-order valence-corrected chi connectivity index (χ3v) is 4.30. The minimum Gasteiger partial charge on any atom is -0.406 e. The van der Waals surface area contributed by atoms with E-state index in [-0.39, 0.29) is 17.8 Å². The van der Waals surface area contributed by atoms with E-state index in [4.69, 9.17) is 4.42 Å². The number of aromatic nitrogens is 2. The van der Waals surface area contributed by atoms with E-state index in [0.717, 1.165) is 12.0 Å². The van der Waals surface area contributed by atoms with Crippen molar-refractivity contribution in [2.45, 2.75) is 32.7 Å². The average molecular weight is 411 g/mol. The summed E-state index contributed by atoms with van der Waals surface area (Å²) in [6.07, 6.45) is 1.31. The van der Waals surface area contributed by atoms with Gasteiger partial charge in [-0.1, -0.05) is 36.3 Å². The van der Waals surface area contributed by atoms with Gasteiger partial charge in [0.25, 0.3) is 0 Å². The molecule has 2 aromatic carbocycles. The number of anilines is 2. The van der Waals surface area contributed by atoms with Gasteiger partial charge in [0.2, 0.25) is 11.8 Å². The van der Waals surface area contributed by atoms with Crippen LogP contribution in [0.15, 0.2) is 52.9 Å². The van der Waals surface area contributed by atoms with Gasteiger partial charge < -0.3 is 15.1 Å². The number of nitrogens with zero attached hydrogens (tertiary/aromatic N) is 2. The van der Waals surface area contributed by atoms with Crippen LogP contribution in [0.4, 0.5) is 20.9 Å². The highest BCUT2D eigenvalue weighted by Gasteiger charge is 2.22. The van der Waals surface area contributed by atoms with E-state index in [1.54, 1.807) is 0 Å². The highest BCUT2D eigenvalue weighted by atomic mass is 19.1. The van der Waals surface area contributed by atoms with E-state index in [1.165, 1.54) is 36.8 Å². The van der Waals surface area contributed by atoms with Crippen LogP contribution in [0.2, 0.25) is 0 Å². The van der Waals surface area contributed by atoms with Crippen molar-refractivity contribution in [1.29, 1.82) is 0 Å². The Morgan fingerprint density at radius 1 is 1.00 bits per heavy atom. The van der Waals surface area contributed by atoms with Gasteiger partial charge in [-0.25, -0.2) is 9.18 Å². The van der Waals surface area contributed by atoms with E-state index >= 15 is 0 Å². The smallest absolute Gasteiger partial charge is 0.322 e. The topological polar surface area (TPSA) is 109 Å². The second-order valence-electron chi connectivity index (χ2n) is 6.66. The Labute approximate surface area is 172 Å². The summed E-state index contributed by atoms with van der Waals surface area (Å²) in [6, 6.07) is 12.2. The summed E-state index contributed by atoms with van der Waals surface area (Å²) in [4.78, 5) is 23.7. The molecule has 0 spiro atoms. The van der Waals surface area contributed by atoms with Gasteiger partial charge in [0, 0.05) is 19.0 Å². The Balaban J connectivity index is 1.76. The molecule has 0 aliphatic carbocycles. The lowest BCUT2D eigenvalue weighted by Gasteiger charge is -2.16. The van der Waals surface area contributed by atoms with E-state index in [1.807, 2.05) is 24.3 Å². The zero-order valence-corrected chi connectivity index (χ0v) is 16.6. The molecule has 8 nitrogen and oxygen atoms in total. The number of nitrogens with one attached hydrogen (secondary N) is 3. The first kappa shape index (κ1) is 21.0. The Kier molecular flexibility index (Phi) is 6.74. The van der Waals surface area contributed by atoms with Crippen molar-refractivity contribution < 1.29 is 18.4 Å². The summed E-state index contributed by atoms with van der Waals surface area (Å²) in [5.74, 6) is -0.600. The summed E-state index contributed by atoms with van der Waals surface area (Å²) in [5.41, 5.74) is 2.59. The van der Waals surface area contributed by atoms with Gasteiger partial charge in [-0.15, -0.1) is 5.10 Å². The summed E-state index contributed by atoms with van der Waals surface area (Å²) >= 11 is 0. The molecule has 1 aromatic heterocycles. The molecule has 3 amide bonds. The molecule has 3 N–H and O–H groups in total. The van der Waals surface area contributed by atoms with Crippen molar-refractivity contribution in [3.63, 3.8) is 0 Å². The number of halogens is 1. The van der Waals surface area contributed by atoms with Crippen LogP contribution < -0.4 is 16.0 Å². The van der Waals surface area contributed by atoms with Crippen LogP contribution in [0, 0.1) is 5.82 Å². The summed E-state index contributed by atoms with van der Waals surface area (Å²) in [5, 5.41) is 15.6. The molecule has 3 aromatic rings. The molecule has 0 aliphatic rings. The predicted octanol–water partition coefficient (Wildman–Crippen LogP) is 3.84. The van der Waals surface area contributed by atoms with Gasteiger partial charge in [-0.3, -0.25) is 10.1 Å². The fourth-order valence-electron chi connectivity index (χ4n) is 2.78. The monoisotopic (exact) mass is 411 g/mol. The molecule has 0 unspecified atom stereocenters. The van der Waals surface area contributed by atoms with Crippen LogP contribution in [-0.4, -0.2) is 22.1 Å². The number of rotatable bonds is 7. The van der Waals surface area contributed by atoms with Crippen LogP contribution >= 0.6 is 0 Å². The number of carbonyl (C=O) groups is 2. The first-order chi connectivity index (χ1) is 14.4. The summed E-state index contributed by atoms with van der Waals surface area (Å²) in [6.45, 7) is 3.40. The van der Waals surface area contributed by atoms with Gasteiger partial charge in [0.1, 0.15) is 11.9 Å². The molecule has 1 heterocycles. The first-order valence-electron chi connectivity index (χ1n) is 9.45. The maximum Gasteiger partial charge on any atom is 0.322 e. The van der Waals surface area contributed by atoms with Crippen LogP contribution in [0.1, 0.15) is 36.9 Å². The maximum atomic E-state index is 13.1. The predicted molar refractivity (Wildman–Crippen MR) is 109 cm³/mol. The number of aryl methyl sites for hydroxylation is 1. The molecule has 0 bridgehead atoms. The Morgan fingerprint density at radius 3 is 2.30 bits per heavy atom. The lowest BCUT2D eigenvalue weighted by atomic mass is 10.0. The van der Waals surface area contributed by atoms with Gasteiger partial charge in [0.15, 0.2) is 0 Å². The fraction of sp³-hybridized carbons (Fsp3) is 0.238. The van der Waals surface area contributed by atoms with Gasteiger partial charge in [0.05, 0.1) is 0 Å². The molecule has 0 saturated heterocycles. The van der Waals surface area contributed by atoms with Gasteiger partial charge >= 0.3 is 12.0 Å². The quantitative estimate of drug-likeness (QED) is 0.547. The van der Waals surface area contributed by atoms with E-state index in [0.29, 0.717) is 12.1 Å². The number of hydrogen-bond donors (Lipinski definition) is 3. The van der Waals surface area contributed by atoms with Crippen molar-refractivity contribution in [2.24, 2.45) is 0 Å². The standard InChI is InChI=1S/C21H22FN5O3/c1-3-14-4-6-15(7-5-14)12-18(19-26-27-21(30-19)23-13(2)28)25-20(29)24-17-10-8-16(22)9-11-17/h4-11,18H,3,12H2,1-2H3,(H,23,27,28)(H2,24,25,29)/t18-/m0/s1. The molecule has 0 fully saturated rings. The number of benzene rings is 2. The molecule has 156 valence electrons. The van der Waals surface area contributed by atoms with E-state index in [2.05, 4.69) is 33.1 Å². The zero-order valence-electron chi connectivity index (χ0n) is 16.6. The maximum absolute atomic E-state index is 13.1. The first-order valence-corrected chi connectivity index (χ1v) is 9.45. The second kappa shape index (κ2) is 9.64. The van der Waals surface area contributed by atoms with Crippen LogP contribution in [0.25, 0.3) is 0 Å². The SMILES string of the molecule is CCc1ccc(C[C@H](NC(=O)Nc2ccc(F)cc2)c2nnc(NC(C)=O)o2)cc1. The van der Waals surface area contributed by atoms with E-state index in [9.17, 15) is 14.0 Å². The number of hydrogen-bond acceptors (Lipinski definition) is 5. The lowest BCUT2D eigenvalue weighted by Crippen LogP contribution is -2.34. The van der Waals surface area contributed by atoms with Gasteiger partial charge in [-0.05, 0) is 41.8 Å². The number of urea groups is 1. The molecular weight excluding hydrogens is 389 g/mol. The van der Waals surface area contributed by atoms with Crippen molar-refractivity contribution in [3.8, 4) is 0 Å². The molecule has 1 atom stereocenters. The number of carbonyl (C=O) groups excluding carboxylic acids is 2. The molecule has 0 aliphatic heterocycles. The highest BCUT2D eigenvalue weighted by molar-refractivity contribution is 5.89. The lowest BCUT2D eigenvalue weighted by molar-refractivity contribution is -0.114. The van der Waals surface area contributed by atoms with E-state index < -0.39 is 17.9 Å². The van der Waals surface area contributed by atoms with Crippen molar-refractivity contribution in [2.75, 3.05) is 10.6 Å². The number of amides is 3. The summed E-state index contributed by atoms with van der Waals surface area (Å²) in [7, 11) is 0. The van der Waals surface area contributed by atoms with Gasteiger partial charge in [-0.2, -0.15) is 0 Å². The third kappa shape index (κ3) is 5.87. The molecule has 30 heavy (non-hydrogen) atoms. The van der Waals surface area contributed by atoms with Crippen LogP contribution in [-0.2, 0) is 17.6 Å². The van der Waals surface area contributed by atoms with Crippen LogP contribution in [0.5, 0.6) is 0 Å². The minimum absolute atomic E-state index is 0.0513. The van der Waals surface area contributed by atoms with Crippen LogP contribution in [0.3, 0.4) is 0 Å². The Bertz CT molecular complexity index is 1000. The summed E-state index contributed by atoms with van der Waals surface area (Å²) < 4.78 is 18.6. The Morgan fingerprint density at radius 2 is 1.67 bits per heavy atom. The zero-order chi connectivity index (χ0) is 21.5. The normalized spacial score (nSPS) is 11.6.